The van der Waals surface area contributed by atoms with Crippen molar-refractivity contribution in [2.45, 2.75) is 11.7 Å². The number of amides is 1. The summed E-state index contributed by atoms with van der Waals surface area (Å²) in [5.41, 5.74) is 0.360. The van der Waals surface area contributed by atoms with Gasteiger partial charge in [0, 0.05) is 32.6 Å². The van der Waals surface area contributed by atoms with Crippen molar-refractivity contribution in [1.82, 2.24) is 14.7 Å². The summed E-state index contributed by atoms with van der Waals surface area (Å²) in [4.78, 5) is 13.8. The number of carbonyl (C=O) groups is 1. The average molecular weight is 287 g/mol. The summed E-state index contributed by atoms with van der Waals surface area (Å²) >= 11 is 0. The monoisotopic (exact) mass is 287 g/mol. The number of rotatable bonds is 3. The van der Waals surface area contributed by atoms with E-state index in [-0.39, 0.29) is 18.3 Å². The van der Waals surface area contributed by atoms with Crippen LogP contribution < -0.4 is 4.74 Å². The Morgan fingerprint density at radius 2 is 2.21 bits per heavy atom. The average Bonchev–Trinajstić information content (AvgIpc) is 2.93. The van der Waals surface area contributed by atoms with Gasteiger partial charge in [0.2, 0.25) is 5.88 Å². The molecule has 106 valence electrons. The minimum atomic E-state index is -3.11. The molecular formula is C11H17N3O4S. The predicted octanol–water partition coefficient (Wildman–Crippen LogP) is -0.312. The van der Waals surface area contributed by atoms with E-state index in [2.05, 4.69) is 5.10 Å². The van der Waals surface area contributed by atoms with Crippen molar-refractivity contribution in [3.63, 3.8) is 0 Å². The Bertz CT molecular complexity index is 593. The number of aromatic nitrogens is 2. The van der Waals surface area contributed by atoms with Gasteiger partial charge in [0.15, 0.2) is 9.84 Å². The molecule has 19 heavy (non-hydrogen) atoms. The molecule has 2 heterocycles. The lowest BCUT2D eigenvalue weighted by atomic mass is 10.3. The number of ether oxygens (including phenoxy) is 1. The Morgan fingerprint density at radius 1 is 1.53 bits per heavy atom. The lowest BCUT2D eigenvalue weighted by molar-refractivity contribution is 0.0790. The quantitative estimate of drug-likeness (QED) is 0.761. The van der Waals surface area contributed by atoms with E-state index in [0.717, 1.165) is 0 Å². The maximum Gasteiger partial charge on any atom is 0.261 e. The third kappa shape index (κ3) is 2.73. The first kappa shape index (κ1) is 13.9. The highest BCUT2D eigenvalue weighted by atomic mass is 32.2. The molecule has 1 aliphatic heterocycles. The fourth-order valence-corrected chi connectivity index (χ4v) is 3.18. The van der Waals surface area contributed by atoms with Crippen LogP contribution in [0.4, 0.5) is 0 Å². The van der Waals surface area contributed by atoms with Gasteiger partial charge in [-0.25, -0.2) is 8.42 Å². The molecule has 1 atom stereocenters. The van der Waals surface area contributed by atoms with Crippen LogP contribution in [0.15, 0.2) is 6.20 Å². The zero-order chi connectivity index (χ0) is 14.2. The van der Waals surface area contributed by atoms with E-state index in [9.17, 15) is 13.2 Å². The second-order valence-electron chi connectivity index (χ2n) is 4.72. The Kier molecular flexibility index (Phi) is 3.53. The summed E-state index contributed by atoms with van der Waals surface area (Å²) in [7, 11) is 0.0362. The van der Waals surface area contributed by atoms with Crippen LogP contribution >= 0.6 is 0 Å². The molecule has 1 fully saturated rings. The molecule has 0 spiro atoms. The third-order valence-electron chi connectivity index (χ3n) is 3.26. The molecular weight excluding hydrogens is 270 g/mol. The highest BCUT2D eigenvalue weighted by Gasteiger charge is 2.34. The molecule has 0 aliphatic carbocycles. The molecule has 1 saturated heterocycles. The first-order valence-electron chi connectivity index (χ1n) is 5.88. The van der Waals surface area contributed by atoms with Crippen LogP contribution in [-0.4, -0.2) is 60.7 Å². The lowest BCUT2D eigenvalue weighted by Gasteiger charge is -2.15. The normalized spacial score (nSPS) is 19.7. The molecule has 1 aromatic heterocycles. The standard InChI is InChI=1S/C11H17N3O4S/c1-13-7-9(10(12-13)18-2)11(15)14-5-4-8(6-14)19(3,16)17/h7-8H,4-6H2,1-3H3. The summed E-state index contributed by atoms with van der Waals surface area (Å²) in [6.07, 6.45) is 3.26. The van der Waals surface area contributed by atoms with Gasteiger partial charge in [0.1, 0.15) is 5.56 Å². The van der Waals surface area contributed by atoms with E-state index in [1.807, 2.05) is 0 Å². The molecule has 2 rings (SSSR count). The number of methoxy groups -OCH3 is 1. The van der Waals surface area contributed by atoms with E-state index < -0.39 is 15.1 Å². The van der Waals surface area contributed by atoms with E-state index in [1.165, 1.54) is 22.9 Å². The van der Waals surface area contributed by atoms with Crippen molar-refractivity contribution in [3.8, 4) is 5.88 Å². The molecule has 8 heteroatoms. The van der Waals surface area contributed by atoms with Crippen molar-refractivity contribution in [3.05, 3.63) is 11.8 Å². The SMILES string of the molecule is COc1nn(C)cc1C(=O)N1CCC(S(C)(=O)=O)C1. The molecule has 7 nitrogen and oxygen atoms in total. The third-order valence-corrected chi connectivity index (χ3v) is 4.85. The van der Waals surface area contributed by atoms with Crippen molar-refractivity contribution in [1.29, 1.82) is 0 Å². The second-order valence-corrected chi connectivity index (χ2v) is 7.04. The molecule has 0 bridgehead atoms. The van der Waals surface area contributed by atoms with Crippen LogP contribution in [0.3, 0.4) is 0 Å². The van der Waals surface area contributed by atoms with Gasteiger partial charge in [-0.15, -0.1) is 5.10 Å². The van der Waals surface area contributed by atoms with Crippen molar-refractivity contribution < 1.29 is 17.9 Å². The van der Waals surface area contributed by atoms with Crippen molar-refractivity contribution >= 4 is 15.7 Å². The summed E-state index contributed by atoms with van der Waals surface area (Å²) in [6, 6.07) is 0. The minimum Gasteiger partial charge on any atom is -0.479 e. The van der Waals surface area contributed by atoms with Gasteiger partial charge < -0.3 is 9.64 Å². The molecule has 0 radical (unpaired) electrons. The lowest BCUT2D eigenvalue weighted by Crippen LogP contribution is -2.31. The Balaban J connectivity index is 2.18. The highest BCUT2D eigenvalue weighted by Crippen LogP contribution is 2.22. The van der Waals surface area contributed by atoms with Crippen LogP contribution in [0.2, 0.25) is 0 Å². The fraction of sp³-hybridized carbons (Fsp3) is 0.636. The largest absolute Gasteiger partial charge is 0.479 e. The number of hydrogen-bond acceptors (Lipinski definition) is 5. The Morgan fingerprint density at radius 3 is 2.74 bits per heavy atom. The highest BCUT2D eigenvalue weighted by molar-refractivity contribution is 7.91. The van der Waals surface area contributed by atoms with Gasteiger partial charge >= 0.3 is 0 Å². The zero-order valence-electron chi connectivity index (χ0n) is 11.2. The second kappa shape index (κ2) is 4.84. The first-order chi connectivity index (χ1) is 8.82. The predicted molar refractivity (Wildman–Crippen MR) is 68.9 cm³/mol. The number of carbonyl (C=O) groups excluding carboxylic acids is 1. The van der Waals surface area contributed by atoms with E-state index in [0.29, 0.717) is 18.5 Å². The molecule has 0 N–H and O–H groups in total. The molecule has 1 aliphatic rings. The molecule has 1 aromatic rings. The number of nitrogens with zero attached hydrogens (tertiary/aromatic N) is 3. The molecule has 0 saturated carbocycles. The first-order valence-corrected chi connectivity index (χ1v) is 7.84. The van der Waals surface area contributed by atoms with Gasteiger partial charge in [-0.3, -0.25) is 9.48 Å². The Labute approximate surface area is 112 Å². The maximum absolute atomic E-state index is 12.3. The van der Waals surface area contributed by atoms with E-state index in [4.69, 9.17) is 4.74 Å². The summed E-state index contributed by atoms with van der Waals surface area (Å²) in [5.74, 6) is 0.0198. The Hall–Kier alpha value is -1.57. The summed E-state index contributed by atoms with van der Waals surface area (Å²) in [6.45, 7) is 0.671. The van der Waals surface area contributed by atoms with Crippen LogP contribution in [0, 0.1) is 0 Å². The van der Waals surface area contributed by atoms with Gasteiger partial charge in [0.05, 0.1) is 12.4 Å². The number of hydrogen-bond donors (Lipinski definition) is 0. The van der Waals surface area contributed by atoms with Gasteiger partial charge in [-0.05, 0) is 6.42 Å². The van der Waals surface area contributed by atoms with Gasteiger partial charge in [0.25, 0.3) is 5.91 Å². The topological polar surface area (TPSA) is 81.5 Å². The molecule has 0 aromatic carbocycles. The minimum absolute atomic E-state index is 0.232. The molecule has 1 amide bonds. The number of sulfone groups is 1. The smallest absolute Gasteiger partial charge is 0.261 e. The summed E-state index contributed by atoms with van der Waals surface area (Å²) < 4.78 is 29.5. The summed E-state index contributed by atoms with van der Waals surface area (Å²) in [5, 5.41) is 3.55. The number of aryl methyl sites for hydroxylation is 1. The van der Waals surface area contributed by atoms with Crippen LogP contribution in [0.5, 0.6) is 5.88 Å². The number of likely N-dealkylation sites (tertiary alicyclic amines) is 1. The van der Waals surface area contributed by atoms with Crippen molar-refractivity contribution in [2.75, 3.05) is 26.5 Å². The fourth-order valence-electron chi connectivity index (χ4n) is 2.20. The van der Waals surface area contributed by atoms with Gasteiger partial charge in [-0.2, -0.15) is 0 Å². The van der Waals surface area contributed by atoms with Crippen LogP contribution in [0.1, 0.15) is 16.8 Å². The van der Waals surface area contributed by atoms with E-state index >= 15 is 0 Å². The zero-order valence-corrected chi connectivity index (χ0v) is 12.0. The van der Waals surface area contributed by atoms with Crippen LogP contribution in [0.25, 0.3) is 0 Å². The van der Waals surface area contributed by atoms with E-state index in [1.54, 1.807) is 13.2 Å². The van der Waals surface area contributed by atoms with Gasteiger partial charge in [-0.1, -0.05) is 0 Å². The molecule has 1 unspecified atom stereocenters. The maximum atomic E-state index is 12.3. The van der Waals surface area contributed by atoms with Crippen molar-refractivity contribution in [2.24, 2.45) is 7.05 Å². The van der Waals surface area contributed by atoms with Crippen LogP contribution in [-0.2, 0) is 16.9 Å².